The second-order valence-corrected chi connectivity index (χ2v) is 8.01. The Bertz CT molecular complexity index is 882. The van der Waals surface area contributed by atoms with Gasteiger partial charge in [-0.2, -0.15) is 5.10 Å². The van der Waals surface area contributed by atoms with Crippen LogP contribution in [0.3, 0.4) is 0 Å². The molecule has 0 spiro atoms. The Morgan fingerprint density at radius 3 is 2.68 bits per heavy atom. The topological polar surface area (TPSA) is 154 Å². The Morgan fingerprint density at radius 1 is 1.26 bits per heavy atom. The maximum absolute atomic E-state index is 12.0. The van der Waals surface area contributed by atoms with Crippen molar-refractivity contribution in [2.75, 3.05) is 5.32 Å². The maximum Gasteiger partial charge on any atom is 0.339 e. The first-order valence-corrected chi connectivity index (χ1v) is 10.3. The van der Waals surface area contributed by atoms with Gasteiger partial charge in [-0.3, -0.25) is 14.9 Å². The second-order valence-electron chi connectivity index (χ2n) is 8.01. The fourth-order valence-corrected chi connectivity index (χ4v) is 4.45. The molecule has 2 amide bonds. The lowest BCUT2D eigenvalue weighted by Gasteiger charge is -2.16. The standard InChI is InChI=1S/C21H26N4O6/c26-19-11-14-9-13(3-1-2-4-20(27)28)10-17(14)18(19)12-22-24-21(29)23-15-5-7-16(8-6-15)25(30)31/h3,5-8,12,14,17-19,26H,1-2,4,9-11H2,(H,27,28)(H2,23,24,29)/b13-3+,22-12+. The van der Waals surface area contributed by atoms with Crippen molar-refractivity contribution in [2.24, 2.45) is 22.9 Å². The molecule has 1 aromatic carbocycles. The molecule has 0 aromatic heterocycles. The van der Waals surface area contributed by atoms with Gasteiger partial charge in [-0.25, -0.2) is 10.2 Å². The van der Waals surface area contributed by atoms with Crippen molar-refractivity contribution in [1.82, 2.24) is 5.43 Å². The molecule has 166 valence electrons. The molecule has 0 aliphatic heterocycles. The molecule has 2 saturated carbocycles. The van der Waals surface area contributed by atoms with Crippen LogP contribution in [-0.2, 0) is 4.79 Å². The minimum absolute atomic E-state index is 0.0689. The number of carboxylic acid groups (broad SMARTS) is 1. The number of allylic oxidation sites excluding steroid dienone is 2. The number of benzene rings is 1. The lowest BCUT2D eigenvalue weighted by atomic mass is 9.92. The largest absolute Gasteiger partial charge is 0.481 e. The lowest BCUT2D eigenvalue weighted by molar-refractivity contribution is -0.384. The molecular weight excluding hydrogens is 404 g/mol. The number of rotatable bonds is 8. The Kier molecular flexibility index (Phi) is 7.35. The first-order valence-electron chi connectivity index (χ1n) is 10.3. The van der Waals surface area contributed by atoms with Crippen LogP contribution in [0.5, 0.6) is 0 Å². The number of carbonyl (C=O) groups is 2. The van der Waals surface area contributed by atoms with Crippen molar-refractivity contribution in [3.8, 4) is 0 Å². The van der Waals surface area contributed by atoms with E-state index in [-0.39, 0.29) is 23.9 Å². The summed E-state index contributed by atoms with van der Waals surface area (Å²) in [6.07, 6.45) is 7.17. The number of non-ortho nitro benzene ring substituents is 1. The Balaban J connectivity index is 1.48. The third-order valence-corrected chi connectivity index (χ3v) is 5.89. The second kappa shape index (κ2) is 10.2. The fourth-order valence-electron chi connectivity index (χ4n) is 4.45. The molecule has 0 radical (unpaired) electrons. The number of hydrazone groups is 1. The van der Waals surface area contributed by atoms with Gasteiger partial charge in [0.05, 0.1) is 11.0 Å². The highest BCUT2D eigenvalue weighted by Crippen LogP contribution is 2.49. The van der Waals surface area contributed by atoms with Crippen molar-refractivity contribution in [3.05, 3.63) is 46.0 Å². The molecule has 31 heavy (non-hydrogen) atoms. The normalized spacial score (nSPS) is 26.2. The molecule has 2 aliphatic carbocycles. The fraction of sp³-hybridized carbons (Fsp3) is 0.476. The number of nitrogens with one attached hydrogen (secondary N) is 2. The summed E-state index contributed by atoms with van der Waals surface area (Å²) >= 11 is 0. The van der Waals surface area contributed by atoms with E-state index in [9.17, 15) is 24.8 Å². The summed E-state index contributed by atoms with van der Waals surface area (Å²) in [4.78, 5) is 32.7. The number of unbranched alkanes of at least 4 members (excludes halogenated alkanes) is 1. The van der Waals surface area contributed by atoms with Crippen LogP contribution in [-0.4, -0.2) is 39.5 Å². The lowest BCUT2D eigenvalue weighted by Crippen LogP contribution is -2.27. The van der Waals surface area contributed by atoms with Crippen molar-refractivity contribution < 1.29 is 24.7 Å². The average molecular weight is 430 g/mol. The van der Waals surface area contributed by atoms with E-state index in [0.29, 0.717) is 24.4 Å². The van der Waals surface area contributed by atoms with Gasteiger partial charge in [0.15, 0.2) is 0 Å². The van der Waals surface area contributed by atoms with E-state index >= 15 is 0 Å². The number of nitrogens with zero attached hydrogens (tertiary/aromatic N) is 2. The van der Waals surface area contributed by atoms with Crippen LogP contribution in [0.2, 0.25) is 0 Å². The van der Waals surface area contributed by atoms with Gasteiger partial charge in [-0.1, -0.05) is 11.6 Å². The minimum Gasteiger partial charge on any atom is -0.481 e. The zero-order chi connectivity index (χ0) is 22.4. The van der Waals surface area contributed by atoms with E-state index in [1.165, 1.54) is 29.8 Å². The monoisotopic (exact) mass is 430 g/mol. The summed E-state index contributed by atoms with van der Waals surface area (Å²) < 4.78 is 0. The van der Waals surface area contributed by atoms with Crippen molar-refractivity contribution >= 4 is 29.6 Å². The molecule has 0 saturated heterocycles. The number of aliphatic carboxylic acids is 1. The number of hydrogen-bond acceptors (Lipinski definition) is 6. The molecule has 1 aromatic rings. The highest BCUT2D eigenvalue weighted by atomic mass is 16.6. The van der Waals surface area contributed by atoms with Crippen LogP contribution < -0.4 is 10.7 Å². The summed E-state index contributed by atoms with van der Waals surface area (Å²) in [5.74, 6) is -0.323. The molecule has 4 unspecified atom stereocenters. The molecule has 2 aliphatic rings. The number of urea groups is 1. The zero-order valence-electron chi connectivity index (χ0n) is 16.9. The van der Waals surface area contributed by atoms with E-state index in [1.54, 1.807) is 6.21 Å². The third-order valence-electron chi connectivity index (χ3n) is 5.89. The number of aliphatic hydroxyl groups excluding tert-OH is 1. The zero-order valence-corrected chi connectivity index (χ0v) is 16.9. The van der Waals surface area contributed by atoms with Crippen LogP contribution in [0, 0.1) is 27.9 Å². The smallest absolute Gasteiger partial charge is 0.339 e. The van der Waals surface area contributed by atoms with E-state index in [4.69, 9.17) is 5.11 Å². The number of hydrogen-bond donors (Lipinski definition) is 4. The van der Waals surface area contributed by atoms with E-state index in [1.807, 2.05) is 0 Å². The molecule has 3 rings (SSSR count). The molecule has 10 heteroatoms. The average Bonchev–Trinajstić information content (AvgIpc) is 3.23. The molecule has 0 bridgehead atoms. The maximum atomic E-state index is 12.0. The molecule has 10 nitrogen and oxygen atoms in total. The minimum atomic E-state index is -0.786. The van der Waals surface area contributed by atoms with Gasteiger partial charge in [-0.05, 0) is 56.1 Å². The van der Waals surface area contributed by atoms with Gasteiger partial charge in [0.1, 0.15) is 0 Å². The molecule has 0 heterocycles. The number of nitro benzene ring substituents is 1. The third kappa shape index (κ3) is 6.11. The number of aliphatic hydroxyl groups is 1. The summed E-state index contributed by atoms with van der Waals surface area (Å²) in [5, 5.41) is 36.3. The molecule has 2 fully saturated rings. The Labute approximate surface area is 179 Å². The van der Waals surface area contributed by atoms with Gasteiger partial charge < -0.3 is 15.5 Å². The molecular formula is C21H26N4O6. The van der Waals surface area contributed by atoms with Crippen LogP contribution in [0.1, 0.15) is 38.5 Å². The van der Waals surface area contributed by atoms with Crippen molar-refractivity contribution in [2.45, 2.75) is 44.6 Å². The summed E-state index contributed by atoms with van der Waals surface area (Å²) in [5.41, 5.74) is 3.99. The number of carboxylic acids is 1. The predicted molar refractivity (Wildman–Crippen MR) is 114 cm³/mol. The summed E-state index contributed by atoms with van der Waals surface area (Å²) in [7, 11) is 0. The highest BCUT2D eigenvalue weighted by molar-refractivity contribution is 5.89. The van der Waals surface area contributed by atoms with Crippen LogP contribution in [0.15, 0.2) is 41.0 Å². The van der Waals surface area contributed by atoms with Crippen LogP contribution in [0.4, 0.5) is 16.2 Å². The van der Waals surface area contributed by atoms with Crippen molar-refractivity contribution in [3.63, 3.8) is 0 Å². The van der Waals surface area contributed by atoms with Gasteiger partial charge in [0.2, 0.25) is 0 Å². The predicted octanol–water partition coefficient (Wildman–Crippen LogP) is 3.29. The summed E-state index contributed by atoms with van der Waals surface area (Å²) in [6, 6.07) is 4.85. The summed E-state index contributed by atoms with van der Waals surface area (Å²) in [6.45, 7) is 0. The van der Waals surface area contributed by atoms with Crippen molar-refractivity contribution in [1.29, 1.82) is 0 Å². The van der Waals surface area contributed by atoms with Gasteiger partial charge >= 0.3 is 12.0 Å². The van der Waals surface area contributed by atoms with Crippen LogP contribution in [0.25, 0.3) is 0 Å². The first-order chi connectivity index (χ1) is 14.8. The van der Waals surface area contributed by atoms with Gasteiger partial charge in [0.25, 0.3) is 5.69 Å². The number of carbonyl (C=O) groups excluding carboxylic acids is 1. The van der Waals surface area contributed by atoms with E-state index < -0.39 is 23.0 Å². The quantitative estimate of drug-likeness (QED) is 0.163. The number of fused-ring (bicyclic) bond motifs is 1. The Hall–Kier alpha value is -3.27. The van der Waals surface area contributed by atoms with Gasteiger partial charge in [-0.15, -0.1) is 0 Å². The van der Waals surface area contributed by atoms with Crippen LogP contribution >= 0.6 is 0 Å². The SMILES string of the molecule is O=C(O)CCC/C=C1\CC2CC(O)C(/C=N/NC(=O)Nc3ccc([N+](=O)[O-])cc3)C2C1. The first kappa shape index (κ1) is 22.4. The van der Waals surface area contributed by atoms with E-state index in [0.717, 1.165) is 19.3 Å². The number of anilines is 1. The number of nitro groups is 1. The molecule has 4 atom stereocenters. The number of amides is 2. The highest BCUT2D eigenvalue weighted by Gasteiger charge is 2.45. The Morgan fingerprint density at radius 2 is 2.00 bits per heavy atom. The van der Waals surface area contributed by atoms with Gasteiger partial charge in [0, 0.05) is 36.4 Å². The van der Waals surface area contributed by atoms with E-state index in [2.05, 4.69) is 21.9 Å². The molecule has 4 N–H and O–H groups in total.